The molecular weight excluding hydrogens is 360 g/mol. The number of rotatable bonds is 7. The first-order valence-corrected chi connectivity index (χ1v) is 9.42. The predicted molar refractivity (Wildman–Crippen MR) is 106 cm³/mol. The fraction of sp³-hybridized carbons (Fsp3) is 0.190. The maximum absolute atomic E-state index is 12.7. The molecule has 0 fully saturated rings. The van der Waals surface area contributed by atoms with E-state index in [4.69, 9.17) is 5.11 Å². The van der Waals surface area contributed by atoms with Crippen LogP contribution in [0.5, 0.6) is 0 Å². The fourth-order valence-corrected chi connectivity index (χ4v) is 3.91. The van der Waals surface area contributed by atoms with E-state index in [0.717, 1.165) is 11.1 Å². The van der Waals surface area contributed by atoms with Gasteiger partial charge >= 0.3 is 5.97 Å². The number of amides is 1. The van der Waals surface area contributed by atoms with E-state index in [1.54, 1.807) is 6.92 Å². The number of carbonyl (C=O) groups excluding carboxylic acids is 1. The molecule has 1 heterocycles. The molecule has 0 radical (unpaired) electrons. The molecule has 2 N–H and O–H groups in total. The number of carbonyl (C=O) groups is 2. The third-order valence-corrected chi connectivity index (χ3v) is 5.32. The summed E-state index contributed by atoms with van der Waals surface area (Å²) in [6.07, 6.45) is 0.191. The number of hydrogen-bond acceptors (Lipinski definition) is 4. The van der Waals surface area contributed by atoms with Gasteiger partial charge in [-0.2, -0.15) is 0 Å². The summed E-state index contributed by atoms with van der Waals surface area (Å²) in [5, 5.41) is 12.2. The Morgan fingerprint density at radius 1 is 1.04 bits per heavy atom. The number of aromatic nitrogens is 1. The van der Waals surface area contributed by atoms with Crippen LogP contribution >= 0.6 is 11.3 Å². The number of nitrogens with zero attached hydrogens (tertiary/aromatic N) is 1. The minimum atomic E-state index is -0.909. The van der Waals surface area contributed by atoms with Crippen LogP contribution in [0.15, 0.2) is 60.7 Å². The maximum atomic E-state index is 12.7. The molecule has 0 spiro atoms. The standard InChI is InChI=1S/C21H20N2O3S/c1-14-18(13-20(25)26)27-21(22-14)23-19(24)12-17(15-8-4-2-5-9-15)16-10-6-3-7-11-16/h2-11,17H,12-13H2,1H3,(H,25,26)(H,22,23,24). The van der Waals surface area contributed by atoms with Gasteiger partial charge in [0, 0.05) is 17.2 Å². The van der Waals surface area contributed by atoms with Crippen molar-refractivity contribution in [3.05, 3.63) is 82.4 Å². The molecule has 3 aromatic rings. The van der Waals surface area contributed by atoms with Crippen LogP contribution in [0.25, 0.3) is 0 Å². The molecule has 0 unspecified atom stereocenters. The Labute approximate surface area is 161 Å². The number of carboxylic acid groups (broad SMARTS) is 1. The van der Waals surface area contributed by atoms with Crippen molar-refractivity contribution in [1.82, 2.24) is 4.98 Å². The zero-order valence-electron chi connectivity index (χ0n) is 14.9. The molecule has 3 rings (SSSR count). The molecular formula is C21H20N2O3S. The average molecular weight is 380 g/mol. The number of anilines is 1. The normalized spacial score (nSPS) is 10.7. The highest BCUT2D eigenvalue weighted by molar-refractivity contribution is 7.16. The second-order valence-electron chi connectivity index (χ2n) is 6.22. The highest BCUT2D eigenvalue weighted by atomic mass is 32.1. The fourth-order valence-electron chi connectivity index (χ4n) is 2.94. The van der Waals surface area contributed by atoms with Gasteiger partial charge in [-0.3, -0.25) is 9.59 Å². The Balaban J connectivity index is 1.76. The molecule has 27 heavy (non-hydrogen) atoms. The Kier molecular flexibility index (Phi) is 5.98. The molecule has 0 aliphatic heterocycles. The largest absolute Gasteiger partial charge is 0.481 e. The summed E-state index contributed by atoms with van der Waals surface area (Å²) in [5.74, 6) is -1.12. The summed E-state index contributed by atoms with van der Waals surface area (Å²) in [5.41, 5.74) is 2.78. The number of thiazole rings is 1. The van der Waals surface area contributed by atoms with Gasteiger partial charge in [0.1, 0.15) is 0 Å². The Bertz CT molecular complexity index is 884. The summed E-state index contributed by atoms with van der Waals surface area (Å²) in [6.45, 7) is 1.75. The van der Waals surface area contributed by atoms with Crippen molar-refractivity contribution in [2.45, 2.75) is 25.7 Å². The van der Waals surface area contributed by atoms with Crippen molar-refractivity contribution in [3.8, 4) is 0 Å². The van der Waals surface area contributed by atoms with Gasteiger partial charge in [-0.05, 0) is 18.1 Å². The number of nitrogens with one attached hydrogen (secondary N) is 1. The Morgan fingerprint density at radius 2 is 1.59 bits per heavy atom. The van der Waals surface area contributed by atoms with Gasteiger partial charge in [0.05, 0.1) is 12.1 Å². The van der Waals surface area contributed by atoms with E-state index in [1.807, 2.05) is 60.7 Å². The zero-order valence-corrected chi connectivity index (χ0v) is 15.7. The number of hydrogen-bond donors (Lipinski definition) is 2. The van der Waals surface area contributed by atoms with Crippen LogP contribution in [0.1, 0.15) is 34.0 Å². The van der Waals surface area contributed by atoms with Crippen LogP contribution < -0.4 is 5.32 Å². The third-order valence-electron chi connectivity index (χ3n) is 4.24. The van der Waals surface area contributed by atoms with E-state index in [-0.39, 0.29) is 24.7 Å². The SMILES string of the molecule is Cc1nc(NC(=O)CC(c2ccccc2)c2ccccc2)sc1CC(=O)O. The topological polar surface area (TPSA) is 79.3 Å². The molecule has 6 heteroatoms. The van der Waals surface area contributed by atoms with Crippen LogP contribution in [-0.4, -0.2) is 22.0 Å². The van der Waals surface area contributed by atoms with Crippen molar-refractivity contribution < 1.29 is 14.7 Å². The molecule has 0 saturated carbocycles. The third kappa shape index (κ3) is 5.01. The summed E-state index contributed by atoms with van der Waals surface area (Å²) in [6, 6.07) is 19.8. The second-order valence-corrected chi connectivity index (χ2v) is 7.31. The smallest absolute Gasteiger partial charge is 0.308 e. The van der Waals surface area contributed by atoms with Gasteiger partial charge in [-0.15, -0.1) is 11.3 Å². The lowest BCUT2D eigenvalue weighted by atomic mass is 9.88. The molecule has 0 aliphatic carbocycles. The molecule has 0 saturated heterocycles. The summed E-state index contributed by atoms with van der Waals surface area (Å²) in [7, 11) is 0. The summed E-state index contributed by atoms with van der Waals surface area (Å²) >= 11 is 1.21. The number of aliphatic carboxylic acids is 1. The van der Waals surface area contributed by atoms with Crippen molar-refractivity contribution in [1.29, 1.82) is 0 Å². The average Bonchev–Trinajstić information content (AvgIpc) is 2.99. The van der Waals surface area contributed by atoms with E-state index in [1.165, 1.54) is 11.3 Å². The van der Waals surface area contributed by atoms with Crippen LogP contribution in [0.3, 0.4) is 0 Å². The number of carboxylic acids is 1. The quantitative estimate of drug-likeness (QED) is 0.643. The molecule has 0 aliphatic rings. The van der Waals surface area contributed by atoms with Gasteiger partial charge in [-0.25, -0.2) is 4.98 Å². The molecule has 1 amide bonds. The van der Waals surface area contributed by atoms with E-state index >= 15 is 0 Å². The van der Waals surface area contributed by atoms with Crippen molar-refractivity contribution in [2.24, 2.45) is 0 Å². The minimum Gasteiger partial charge on any atom is -0.481 e. The minimum absolute atomic E-state index is 0.0630. The molecule has 5 nitrogen and oxygen atoms in total. The van der Waals surface area contributed by atoms with Crippen molar-refractivity contribution in [2.75, 3.05) is 5.32 Å². The lowest BCUT2D eigenvalue weighted by Gasteiger charge is -2.17. The predicted octanol–water partition coefficient (Wildman–Crippen LogP) is 4.24. The Hall–Kier alpha value is -2.99. The van der Waals surface area contributed by atoms with E-state index in [9.17, 15) is 9.59 Å². The first-order valence-electron chi connectivity index (χ1n) is 8.60. The highest BCUT2D eigenvalue weighted by Crippen LogP contribution is 2.29. The van der Waals surface area contributed by atoms with Crippen molar-refractivity contribution in [3.63, 3.8) is 0 Å². The summed E-state index contributed by atoms with van der Waals surface area (Å²) < 4.78 is 0. The summed E-state index contributed by atoms with van der Waals surface area (Å²) in [4.78, 5) is 28.5. The first-order chi connectivity index (χ1) is 13.0. The van der Waals surface area contributed by atoms with Gasteiger partial charge in [0.15, 0.2) is 5.13 Å². The Morgan fingerprint density at radius 3 is 2.11 bits per heavy atom. The highest BCUT2D eigenvalue weighted by Gasteiger charge is 2.19. The second kappa shape index (κ2) is 8.60. The zero-order chi connectivity index (χ0) is 19.2. The number of benzene rings is 2. The molecule has 2 aromatic carbocycles. The van der Waals surface area contributed by atoms with Crippen LogP contribution in [0, 0.1) is 6.92 Å². The molecule has 0 bridgehead atoms. The van der Waals surface area contributed by atoms with Crippen molar-refractivity contribution >= 4 is 28.3 Å². The van der Waals surface area contributed by atoms with E-state index in [0.29, 0.717) is 15.7 Å². The van der Waals surface area contributed by atoms with Crippen LogP contribution in [0.4, 0.5) is 5.13 Å². The van der Waals surface area contributed by atoms with Gasteiger partial charge in [0.2, 0.25) is 5.91 Å². The van der Waals surface area contributed by atoms with E-state index in [2.05, 4.69) is 10.3 Å². The first kappa shape index (κ1) is 18.8. The monoisotopic (exact) mass is 380 g/mol. The lowest BCUT2D eigenvalue weighted by Crippen LogP contribution is -2.16. The van der Waals surface area contributed by atoms with Crippen LogP contribution in [0.2, 0.25) is 0 Å². The molecule has 138 valence electrons. The van der Waals surface area contributed by atoms with Gasteiger partial charge in [-0.1, -0.05) is 60.7 Å². The molecule has 1 aromatic heterocycles. The van der Waals surface area contributed by atoms with Gasteiger partial charge < -0.3 is 10.4 Å². The van der Waals surface area contributed by atoms with E-state index < -0.39 is 5.97 Å². The maximum Gasteiger partial charge on any atom is 0.308 e. The molecule has 0 atom stereocenters. The van der Waals surface area contributed by atoms with Gasteiger partial charge in [0.25, 0.3) is 0 Å². The van der Waals surface area contributed by atoms with Crippen LogP contribution in [-0.2, 0) is 16.0 Å². The lowest BCUT2D eigenvalue weighted by molar-refractivity contribution is -0.136. The number of aryl methyl sites for hydroxylation is 1.